The van der Waals surface area contributed by atoms with E-state index in [1.807, 2.05) is 23.8 Å². The van der Waals surface area contributed by atoms with Crippen LogP contribution in [0.1, 0.15) is 23.7 Å². The summed E-state index contributed by atoms with van der Waals surface area (Å²) in [5.74, 6) is -0.482. The molecule has 4 nitrogen and oxygen atoms in total. The summed E-state index contributed by atoms with van der Waals surface area (Å²) in [6.07, 6.45) is 3.68. The van der Waals surface area contributed by atoms with Crippen LogP contribution in [0.15, 0.2) is 30.7 Å². The Morgan fingerprint density at radius 2 is 2.32 bits per heavy atom. The standard InChI is InChI=1S/C14H15FN4/c1-2-17-7-13-9-19(10-18-13)8-11-3-4-14(15)12(5-11)6-16/h3-5,9-10,17H,2,7-8H2,1H3. The normalized spacial score (nSPS) is 10.4. The minimum absolute atomic E-state index is 0.0745. The van der Waals surface area contributed by atoms with Crippen molar-refractivity contribution in [2.45, 2.75) is 20.0 Å². The highest BCUT2D eigenvalue weighted by molar-refractivity contribution is 5.34. The third kappa shape index (κ3) is 3.39. The van der Waals surface area contributed by atoms with Crippen LogP contribution in [0, 0.1) is 17.1 Å². The SMILES string of the molecule is CCNCc1cn(Cc2ccc(F)c(C#N)c2)cn1. The molecule has 0 fully saturated rings. The van der Waals surface area contributed by atoms with Crippen molar-refractivity contribution in [2.24, 2.45) is 0 Å². The monoisotopic (exact) mass is 258 g/mol. The summed E-state index contributed by atoms with van der Waals surface area (Å²) in [6.45, 7) is 4.25. The molecule has 19 heavy (non-hydrogen) atoms. The molecule has 0 radical (unpaired) electrons. The molecule has 0 aliphatic carbocycles. The van der Waals surface area contributed by atoms with Crippen LogP contribution in [-0.2, 0) is 13.1 Å². The Balaban J connectivity index is 2.09. The summed E-state index contributed by atoms with van der Waals surface area (Å²) >= 11 is 0. The van der Waals surface area contributed by atoms with Gasteiger partial charge in [0.2, 0.25) is 0 Å². The molecule has 2 aromatic rings. The Morgan fingerprint density at radius 1 is 1.47 bits per heavy atom. The molecule has 98 valence electrons. The summed E-state index contributed by atoms with van der Waals surface area (Å²) in [5, 5.41) is 12.0. The molecule has 0 saturated heterocycles. The number of halogens is 1. The molecule has 2 rings (SSSR count). The molecule has 0 aliphatic rings. The maximum Gasteiger partial charge on any atom is 0.140 e. The molecule has 0 unspecified atom stereocenters. The number of imidazole rings is 1. The van der Waals surface area contributed by atoms with E-state index in [0.29, 0.717) is 6.54 Å². The lowest BCUT2D eigenvalue weighted by Crippen LogP contribution is -2.11. The number of hydrogen-bond donors (Lipinski definition) is 1. The number of nitriles is 1. The average molecular weight is 258 g/mol. The topological polar surface area (TPSA) is 53.6 Å². The minimum Gasteiger partial charge on any atom is -0.333 e. The third-order valence-electron chi connectivity index (χ3n) is 2.76. The first kappa shape index (κ1) is 13.2. The molecular weight excluding hydrogens is 243 g/mol. The van der Waals surface area contributed by atoms with E-state index in [-0.39, 0.29) is 5.56 Å². The van der Waals surface area contributed by atoms with Gasteiger partial charge in [-0.25, -0.2) is 9.37 Å². The first-order chi connectivity index (χ1) is 9.22. The van der Waals surface area contributed by atoms with Gasteiger partial charge in [0.15, 0.2) is 0 Å². The van der Waals surface area contributed by atoms with E-state index >= 15 is 0 Å². The van der Waals surface area contributed by atoms with Gasteiger partial charge in [-0.05, 0) is 24.2 Å². The second-order valence-corrected chi connectivity index (χ2v) is 4.24. The smallest absolute Gasteiger partial charge is 0.140 e. The van der Waals surface area contributed by atoms with E-state index in [1.165, 1.54) is 6.07 Å². The lowest BCUT2D eigenvalue weighted by molar-refractivity contribution is 0.622. The quantitative estimate of drug-likeness (QED) is 0.893. The van der Waals surface area contributed by atoms with Crippen molar-refractivity contribution in [2.75, 3.05) is 6.54 Å². The van der Waals surface area contributed by atoms with Crippen LogP contribution in [0.5, 0.6) is 0 Å². The maximum absolute atomic E-state index is 13.2. The minimum atomic E-state index is -0.482. The van der Waals surface area contributed by atoms with Crippen LogP contribution < -0.4 is 5.32 Å². The molecule has 0 amide bonds. The second kappa shape index (κ2) is 6.12. The molecule has 0 saturated carbocycles. The van der Waals surface area contributed by atoms with Crippen molar-refractivity contribution in [3.05, 3.63) is 53.4 Å². The Morgan fingerprint density at radius 3 is 3.05 bits per heavy atom. The number of rotatable bonds is 5. The number of aromatic nitrogens is 2. The van der Waals surface area contributed by atoms with Crippen LogP contribution in [0.4, 0.5) is 4.39 Å². The van der Waals surface area contributed by atoms with Crippen molar-refractivity contribution in [1.29, 1.82) is 5.26 Å². The van der Waals surface area contributed by atoms with Gasteiger partial charge in [-0.2, -0.15) is 5.26 Å². The van der Waals surface area contributed by atoms with E-state index in [9.17, 15) is 4.39 Å². The van der Waals surface area contributed by atoms with Crippen molar-refractivity contribution >= 4 is 0 Å². The fourth-order valence-electron chi connectivity index (χ4n) is 1.80. The first-order valence-electron chi connectivity index (χ1n) is 6.13. The van der Waals surface area contributed by atoms with E-state index in [0.717, 1.165) is 24.3 Å². The Kier molecular flexibility index (Phi) is 4.26. The summed E-state index contributed by atoms with van der Waals surface area (Å²) < 4.78 is 15.1. The van der Waals surface area contributed by atoms with Crippen LogP contribution in [0.2, 0.25) is 0 Å². The van der Waals surface area contributed by atoms with Crippen molar-refractivity contribution in [1.82, 2.24) is 14.9 Å². The zero-order valence-electron chi connectivity index (χ0n) is 10.7. The van der Waals surface area contributed by atoms with Crippen molar-refractivity contribution < 1.29 is 4.39 Å². The van der Waals surface area contributed by atoms with Gasteiger partial charge in [-0.15, -0.1) is 0 Å². The maximum atomic E-state index is 13.2. The average Bonchev–Trinajstić information content (AvgIpc) is 2.86. The van der Waals surface area contributed by atoms with E-state index < -0.39 is 5.82 Å². The number of nitrogens with one attached hydrogen (secondary N) is 1. The second-order valence-electron chi connectivity index (χ2n) is 4.24. The van der Waals surface area contributed by atoms with Crippen LogP contribution in [0.3, 0.4) is 0 Å². The molecule has 1 N–H and O–H groups in total. The molecule has 0 aliphatic heterocycles. The van der Waals surface area contributed by atoms with Gasteiger partial charge < -0.3 is 9.88 Å². The number of benzene rings is 1. The van der Waals surface area contributed by atoms with Gasteiger partial charge in [0.1, 0.15) is 11.9 Å². The van der Waals surface area contributed by atoms with Gasteiger partial charge in [0.25, 0.3) is 0 Å². The lowest BCUT2D eigenvalue weighted by atomic mass is 10.1. The summed E-state index contributed by atoms with van der Waals surface area (Å²) in [4.78, 5) is 4.27. The van der Waals surface area contributed by atoms with Crippen LogP contribution in [-0.4, -0.2) is 16.1 Å². The zero-order valence-corrected chi connectivity index (χ0v) is 10.7. The predicted molar refractivity (Wildman–Crippen MR) is 69.8 cm³/mol. The molecule has 1 aromatic heterocycles. The number of nitrogens with zero attached hydrogens (tertiary/aromatic N) is 3. The van der Waals surface area contributed by atoms with Gasteiger partial charge in [0.05, 0.1) is 17.6 Å². The van der Waals surface area contributed by atoms with Crippen molar-refractivity contribution in [3.8, 4) is 6.07 Å². The van der Waals surface area contributed by atoms with E-state index in [1.54, 1.807) is 18.5 Å². The highest BCUT2D eigenvalue weighted by atomic mass is 19.1. The van der Waals surface area contributed by atoms with Gasteiger partial charge in [0, 0.05) is 19.3 Å². The van der Waals surface area contributed by atoms with E-state index in [2.05, 4.69) is 10.3 Å². The lowest BCUT2D eigenvalue weighted by Gasteiger charge is -2.03. The fourth-order valence-corrected chi connectivity index (χ4v) is 1.80. The van der Waals surface area contributed by atoms with Crippen LogP contribution in [0.25, 0.3) is 0 Å². The van der Waals surface area contributed by atoms with Gasteiger partial charge in [-0.3, -0.25) is 0 Å². The summed E-state index contributed by atoms with van der Waals surface area (Å²) in [5.41, 5.74) is 1.92. The van der Waals surface area contributed by atoms with E-state index in [4.69, 9.17) is 5.26 Å². The highest BCUT2D eigenvalue weighted by Crippen LogP contribution is 2.11. The van der Waals surface area contributed by atoms with Crippen molar-refractivity contribution in [3.63, 3.8) is 0 Å². The Hall–Kier alpha value is -2.19. The molecular formula is C14H15FN4. The molecule has 1 aromatic carbocycles. The molecule has 5 heteroatoms. The molecule has 0 atom stereocenters. The predicted octanol–water partition coefficient (Wildman–Crippen LogP) is 2.05. The molecule has 0 bridgehead atoms. The Bertz CT molecular complexity index is 598. The van der Waals surface area contributed by atoms with Gasteiger partial charge >= 0.3 is 0 Å². The number of hydrogen-bond acceptors (Lipinski definition) is 3. The Labute approximate surface area is 111 Å². The first-order valence-corrected chi connectivity index (χ1v) is 6.13. The third-order valence-corrected chi connectivity index (χ3v) is 2.76. The summed E-state index contributed by atoms with van der Waals surface area (Å²) in [7, 11) is 0. The highest BCUT2D eigenvalue weighted by Gasteiger charge is 2.04. The summed E-state index contributed by atoms with van der Waals surface area (Å²) in [6, 6.07) is 6.42. The van der Waals surface area contributed by atoms with Gasteiger partial charge in [-0.1, -0.05) is 13.0 Å². The molecule has 1 heterocycles. The van der Waals surface area contributed by atoms with Crippen LogP contribution >= 0.6 is 0 Å². The fraction of sp³-hybridized carbons (Fsp3) is 0.286. The zero-order chi connectivity index (χ0) is 13.7. The largest absolute Gasteiger partial charge is 0.333 e. The molecule has 0 spiro atoms.